The van der Waals surface area contributed by atoms with Crippen LogP contribution in [-0.2, 0) is 19.3 Å². The largest absolute Gasteiger partial charge is 0.493 e. The van der Waals surface area contributed by atoms with E-state index in [1.807, 2.05) is 36.4 Å². The molecule has 0 saturated carbocycles. The lowest BCUT2D eigenvalue weighted by atomic mass is 10.1. The second kappa shape index (κ2) is 7.15. The van der Waals surface area contributed by atoms with Gasteiger partial charge in [-0.25, -0.2) is 13.8 Å². The van der Waals surface area contributed by atoms with Crippen molar-refractivity contribution in [2.45, 2.75) is 19.3 Å². The van der Waals surface area contributed by atoms with E-state index in [-0.39, 0.29) is 17.9 Å². The van der Waals surface area contributed by atoms with Crippen LogP contribution in [0.1, 0.15) is 22.5 Å². The van der Waals surface area contributed by atoms with E-state index in [0.717, 1.165) is 17.3 Å². The molecule has 136 valence electrons. The second-order valence-electron chi connectivity index (χ2n) is 6.39. The average molecular weight is 365 g/mol. The molecular formula is C21H17F2N3O. The molecule has 0 aliphatic heterocycles. The number of nitrogens with zero attached hydrogens (tertiary/aromatic N) is 3. The molecular weight excluding hydrogens is 348 g/mol. The van der Waals surface area contributed by atoms with Gasteiger partial charge in [-0.15, -0.1) is 0 Å². The molecule has 0 atom stereocenters. The number of aromatic hydroxyl groups is 1. The molecule has 0 fully saturated rings. The molecule has 4 rings (SSSR count). The van der Waals surface area contributed by atoms with Gasteiger partial charge in [-0.1, -0.05) is 42.5 Å². The van der Waals surface area contributed by atoms with Crippen LogP contribution in [0.3, 0.4) is 0 Å². The highest BCUT2D eigenvalue weighted by Gasteiger charge is 2.12. The highest BCUT2D eigenvalue weighted by molar-refractivity contribution is 5.44. The lowest BCUT2D eigenvalue weighted by Gasteiger charge is -2.05. The first-order chi connectivity index (χ1) is 13.1. The summed E-state index contributed by atoms with van der Waals surface area (Å²) >= 11 is 0. The molecule has 1 N–H and O–H groups in total. The summed E-state index contributed by atoms with van der Waals surface area (Å²) in [5.74, 6) is -1.73. The molecule has 0 unspecified atom stereocenters. The van der Waals surface area contributed by atoms with E-state index in [9.17, 15) is 13.9 Å². The van der Waals surface area contributed by atoms with Crippen LogP contribution in [0.2, 0.25) is 0 Å². The number of aryl methyl sites for hydroxylation is 2. The van der Waals surface area contributed by atoms with E-state index in [4.69, 9.17) is 0 Å². The fourth-order valence-electron chi connectivity index (χ4n) is 3.08. The number of rotatable bonds is 5. The topological polar surface area (TPSA) is 50.4 Å². The maximum absolute atomic E-state index is 13.8. The number of hydrogen-bond donors (Lipinski definition) is 1. The third-order valence-corrected chi connectivity index (χ3v) is 4.42. The van der Waals surface area contributed by atoms with Crippen molar-refractivity contribution in [1.82, 2.24) is 14.6 Å². The third-order valence-electron chi connectivity index (χ3n) is 4.42. The Morgan fingerprint density at radius 3 is 2.52 bits per heavy atom. The van der Waals surface area contributed by atoms with Crippen molar-refractivity contribution in [3.8, 4) is 5.88 Å². The van der Waals surface area contributed by atoms with Crippen LogP contribution >= 0.6 is 0 Å². The summed E-state index contributed by atoms with van der Waals surface area (Å²) in [6.45, 7) is 0. The fourth-order valence-corrected chi connectivity index (χ4v) is 3.08. The molecule has 2 aromatic heterocycles. The molecule has 4 nitrogen and oxygen atoms in total. The Morgan fingerprint density at radius 1 is 0.889 bits per heavy atom. The van der Waals surface area contributed by atoms with Gasteiger partial charge in [0.05, 0.1) is 5.69 Å². The monoisotopic (exact) mass is 365 g/mol. The Bertz CT molecular complexity index is 1090. The summed E-state index contributed by atoms with van der Waals surface area (Å²) in [5.41, 5.74) is 3.31. The van der Waals surface area contributed by atoms with Crippen molar-refractivity contribution in [3.05, 3.63) is 94.8 Å². The molecule has 0 radical (unpaired) electrons. The molecule has 0 aliphatic rings. The standard InChI is InChI=1S/C21H17F2N3O/c22-18-8-4-7-15(21(18)23)9-10-16-13-20(27)26-19(24-16)12-17(25-26)11-14-5-2-1-3-6-14/h1-8,12-13,27H,9-11H2. The molecule has 4 aromatic rings. The Kier molecular flexibility index (Phi) is 4.54. The van der Waals surface area contributed by atoms with E-state index >= 15 is 0 Å². The van der Waals surface area contributed by atoms with E-state index in [1.54, 1.807) is 6.07 Å². The maximum atomic E-state index is 13.8. The van der Waals surface area contributed by atoms with Gasteiger partial charge in [-0.05, 0) is 30.0 Å². The van der Waals surface area contributed by atoms with Crippen molar-refractivity contribution in [1.29, 1.82) is 0 Å². The van der Waals surface area contributed by atoms with Gasteiger partial charge in [0.15, 0.2) is 17.3 Å². The van der Waals surface area contributed by atoms with Crippen LogP contribution in [0, 0.1) is 11.6 Å². The van der Waals surface area contributed by atoms with Crippen LogP contribution < -0.4 is 0 Å². The average Bonchev–Trinajstić information content (AvgIpc) is 3.07. The van der Waals surface area contributed by atoms with Gasteiger partial charge >= 0.3 is 0 Å². The fraction of sp³-hybridized carbons (Fsp3) is 0.143. The number of halogens is 2. The first kappa shape index (κ1) is 17.1. The lowest BCUT2D eigenvalue weighted by Crippen LogP contribution is -2.01. The number of benzene rings is 2. The quantitative estimate of drug-likeness (QED) is 0.580. The Hall–Kier alpha value is -3.28. The predicted molar refractivity (Wildman–Crippen MR) is 97.7 cm³/mol. The van der Waals surface area contributed by atoms with Crippen LogP contribution in [0.15, 0.2) is 60.7 Å². The summed E-state index contributed by atoms with van der Waals surface area (Å²) in [4.78, 5) is 4.49. The summed E-state index contributed by atoms with van der Waals surface area (Å²) in [6.07, 6.45) is 1.30. The van der Waals surface area contributed by atoms with Crippen molar-refractivity contribution in [2.24, 2.45) is 0 Å². The zero-order valence-electron chi connectivity index (χ0n) is 14.4. The highest BCUT2D eigenvalue weighted by Crippen LogP contribution is 2.19. The number of hydrogen-bond acceptors (Lipinski definition) is 3. The van der Waals surface area contributed by atoms with E-state index < -0.39 is 11.6 Å². The molecule has 0 saturated heterocycles. The minimum absolute atomic E-state index is 0.0333. The van der Waals surface area contributed by atoms with Gasteiger partial charge in [-0.3, -0.25) is 0 Å². The molecule has 0 amide bonds. The summed E-state index contributed by atoms with van der Waals surface area (Å²) in [5, 5.41) is 14.6. The number of aromatic nitrogens is 3. The van der Waals surface area contributed by atoms with Gasteiger partial charge in [0.1, 0.15) is 0 Å². The summed E-state index contributed by atoms with van der Waals surface area (Å²) in [6, 6.07) is 17.3. The molecule has 2 heterocycles. The Morgan fingerprint density at radius 2 is 1.70 bits per heavy atom. The van der Waals surface area contributed by atoms with Crippen LogP contribution in [-0.4, -0.2) is 19.7 Å². The molecule has 27 heavy (non-hydrogen) atoms. The van der Waals surface area contributed by atoms with E-state index in [0.29, 0.717) is 24.2 Å². The highest BCUT2D eigenvalue weighted by atomic mass is 19.2. The second-order valence-corrected chi connectivity index (χ2v) is 6.39. The third kappa shape index (κ3) is 3.65. The first-order valence-corrected chi connectivity index (χ1v) is 8.64. The minimum Gasteiger partial charge on any atom is -0.493 e. The van der Waals surface area contributed by atoms with Gasteiger partial charge < -0.3 is 5.11 Å². The van der Waals surface area contributed by atoms with Crippen LogP contribution in [0.4, 0.5) is 8.78 Å². The van der Waals surface area contributed by atoms with E-state index in [2.05, 4.69) is 10.1 Å². The zero-order chi connectivity index (χ0) is 18.8. The van der Waals surface area contributed by atoms with Crippen molar-refractivity contribution < 1.29 is 13.9 Å². The summed E-state index contributed by atoms with van der Waals surface area (Å²) < 4.78 is 28.5. The molecule has 0 bridgehead atoms. The van der Waals surface area contributed by atoms with Gasteiger partial charge in [0.25, 0.3) is 0 Å². The van der Waals surface area contributed by atoms with Gasteiger partial charge in [0.2, 0.25) is 5.88 Å². The first-order valence-electron chi connectivity index (χ1n) is 8.64. The van der Waals surface area contributed by atoms with Gasteiger partial charge in [0, 0.05) is 24.2 Å². The van der Waals surface area contributed by atoms with Crippen LogP contribution in [0.25, 0.3) is 5.65 Å². The Labute approximate surface area is 154 Å². The normalized spacial score (nSPS) is 11.2. The molecule has 6 heteroatoms. The number of fused-ring (bicyclic) bond motifs is 1. The minimum atomic E-state index is -0.861. The Balaban J connectivity index is 1.57. The van der Waals surface area contributed by atoms with Crippen molar-refractivity contribution in [2.75, 3.05) is 0 Å². The zero-order valence-corrected chi connectivity index (χ0v) is 14.4. The molecule has 0 aliphatic carbocycles. The summed E-state index contributed by atoms with van der Waals surface area (Å²) in [7, 11) is 0. The molecule has 0 spiro atoms. The lowest BCUT2D eigenvalue weighted by molar-refractivity contribution is 0.433. The smallest absolute Gasteiger partial charge is 0.215 e. The predicted octanol–water partition coefficient (Wildman–Crippen LogP) is 4.09. The van der Waals surface area contributed by atoms with Crippen LogP contribution in [0.5, 0.6) is 5.88 Å². The van der Waals surface area contributed by atoms with E-state index in [1.165, 1.54) is 16.6 Å². The SMILES string of the molecule is Oc1cc(CCc2cccc(F)c2F)nc2cc(Cc3ccccc3)nn12. The van der Waals surface area contributed by atoms with Gasteiger partial charge in [-0.2, -0.15) is 9.61 Å². The molecule has 2 aromatic carbocycles. The van der Waals surface area contributed by atoms with Crippen molar-refractivity contribution in [3.63, 3.8) is 0 Å². The maximum Gasteiger partial charge on any atom is 0.215 e. The van der Waals surface area contributed by atoms with Crippen molar-refractivity contribution >= 4 is 5.65 Å².